The zero-order valence-corrected chi connectivity index (χ0v) is 18.2. The number of guanidine groups is 1. The number of rotatable bonds is 9. The van der Waals surface area contributed by atoms with Crippen LogP contribution in [-0.4, -0.2) is 49.9 Å². The minimum Gasteiger partial charge on any atom is -0.497 e. The molecule has 0 saturated heterocycles. The number of nitrogens with one attached hydrogen (secondary N) is 2. The van der Waals surface area contributed by atoms with E-state index in [1.54, 1.807) is 21.3 Å². The molecule has 2 aromatic carbocycles. The summed E-state index contributed by atoms with van der Waals surface area (Å²) in [5.41, 5.74) is 3.33. The van der Waals surface area contributed by atoms with Crippen LogP contribution in [0.15, 0.2) is 47.5 Å². The third kappa shape index (κ3) is 5.23. The van der Waals surface area contributed by atoms with E-state index in [1.807, 2.05) is 24.3 Å². The molecule has 7 heteroatoms. The topological polar surface area (TPSA) is 72.7 Å². The summed E-state index contributed by atoms with van der Waals surface area (Å²) in [7, 11) is 5.14. The van der Waals surface area contributed by atoms with Gasteiger partial charge in [-0.3, -0.25) is 4.99 Å². The van der Waals surface area contributed by atoms with E-state index < -0.39 is 0 Å². The maximum Gasteiger partial charge on any atom is 0.190 e. The number of aromatic nitrogens is 2. The predicted octanol–water partition coefficient (Wildman–Crippen LogP) is 3.16. The number of ether oxygens (including phenoxy) is 2. The third-order valence-electron chi connectivity index (χ3n) is 5.09. The first-order chi connectivity index (χ1) is 14.7. The van der Waals surface area contributed by atoms with E-state index in [1.165, 1.54) is 5.52 Å². The zero-order chi connectivity index (χ0) is 21.3. The largest absolute Gasteiger partial charge is 0.497 e. The van der Waals surface area contributed by atoms with Gasteiger partial charge in [-0.05, 0) is 55.7 Å². The lowest BCUT2D eigenvalue weighted by Crippen LogP contribution is -2.39. The summed E-state index contributed by atoms with van der Waals surface area (Å²) in [6.07, 6.45) is 1.78. The van der Waals surface area contributed by atoms with Crippen molar-refractivity contribution >= 4 is 17.0 Å². The van der Waals surface area contributed by atoms with Crippen molar-refractivity contribution in [1.82, 2.24) is 20.2 Å². The number of imidazole rings is 1. The van der Waals surface area contributed by atoms with Crippen molar-refractivity contribution in [3.63, 3.8) is 0 Å². The molecule has 1 aromatic heterocycles. The highest BCUT2D eigenvalue weighted by Gasteiger charge is 2.07. The zero-order valence-electron chi connectivity index (χ0n) is 18.2. The first-order valence-corrected chi connectivity index (χ1v) is 10.2. The average Bonchev–Trinajstić information content (AvgIpc) is 3.10. The number of fused-ring (bicyclic) bond motifs is 1. The first-order valence-electron chi connectivity index (χ1n) is 10.2. The third-order valence-corrected chi connectivity index (χ3v) is 5.09. The highest BCUT2D eigenvalue weighted by Crippen LogP contribution is 2.24. The number of para-hydroxylation sites is 2. The molecule has 2 N–H and O–H groups in total. The Morgan fingerprint density at radius 3 is 2.63 bits per heavy atom. The quantitative estimate of drug-likeness (QED) is 0.323. The van der Waals surface area contributed by atoms with Gasteiger partial charge in [-0.15, -0.1) is 0 Å². The van der Waals surface area contributed by atoms with Gasteiger partial charge in [0.1, 0.15) is 17.3 Å². The first kappa shape index (κ1) is 21.5. The fourth-order valence-electron chi connectivity index (χ4n) is 3.54. The minimum atomic E-state index is 0.745. The smallest absolute Gasteiger partial charge is 0.190 e. The monoisotopic (exact) mass is 409 g/mol. The Hall–Kier alpha value is -3.22. The molecule has 0 bridgehead atoms. The Balaban J connectivity index is 1.46. The number of aryl methyl sites for hydroxylation is 2. The van der Waals surface area contributed by atoms with Crippen molar-refractivity contribution in [3.05, 3.63) is 53.9 Å². The molecule has 0 fully saturated rings. The van der Waals surface area contributed by atoms with Gasteiger partial charge in [-0.25, -0.2) is 4.98 Å². The Morgan fingerprint density at radius 2 is 1.87 bits per heavy atom. The second-order valence-corrected chi connectivity index (χ2v) is 7.01. The Kier molecular flexibility index (Phi) is 7.54. The van der Waals surface area contributed by atoms with Crippen LogP contribution in [0.1, 0.15) is 17.8 Å². The number of aliphatic imine (C=N–C) groups is 1. The number of hydrogen-bond acceptors (Lipinski definition) is 4. The van der Waals surface area contributed by atoms with E-state index in [0.29, 0.717) is 0 Å². The van der Waals surface area contributed by atoms with E-state index in [0.717, 1.165) is 66.8 Å². The molecule has 0 aliphatic heterocycles. The van der Waals surface area contributed by atoms with Crippen molar-refractivity contribution in [1.29, 1.82) is 0 Å². The summed E-state index contributed by atoms with van der Waals surface area (Å²) in [6, 6.07) is 14.1. The standard InChI is InChI=1S/C23H31N5O2/c1-17-27-20-8-5-6-9-21(20)28(17)15-7-13-25-23(24-2)26-14-12-18-16-19(29-3)10-11-22(18)30-4/h5-6,8-11,16H,7,12-15H2,1-4H3,(H2,24,25,26). The van der Waals surface area contributed by atoms with Crippen LogP contribution in [0.5, 0.6) is 11.5 Å². The normalized spacial score (nSPS) is 11.5. The molecule has 0 radical (unpaired) electrons. The summed E-state index contributed by atoms with van der Waals surface area (Å²) in [6.45, 7) is 4.54. The van der Waals surface area contributed by atoms with Crippen LogP contribution in [0.3, 0.4) is 0 Å². The van der Waals surface area contributed by atoms with Gasteiger partial charge in [0.15, 0.2) is 5.96 Å². The van der Waals surface area contributed by atoms with E-state index in [-0.39, 0.29) is 0 Å². The van der Waals surface area contributed by atoms with Gasteiger partial charge in [0, 0.05) is 26.7 Å². The number of methoxy groups -OCH3 is 2. The molecule has 0 saturated carbocycles. The lowest BCUT2D eigenvalue weighted by Gasteiger charge is -2.14. The van der Waals surface area contributed by atoms with Crippen LogP contribution in [0.4, 0.5) is 0 Å². The van der Waals surface area contributed by atoms with Crippen LogP contribution in [0, 0.1) is 6.92 Å². The Labute approximate surface area is 178 Å². The SMILES string of the molecule is CN=C(NCCCn1c(C)nc2ccccc21)NCCc1cc(OC)ccc1OC. The van der Waals surface area contributed by atoms with Gasteiger partial charge in [-0.1, -0.05) is 12.1 Å². The number of benzene rings is 2. The molecule has 1 heterocycles. The molecule has 0 amide bonds. The van der Waals surface area contributed by atoms with Crippen molar-refractivity contribution in [2.75, 3.05) is 34.4 Å². The number of nitrogens with zero attached hydrogens (tertiary/aromatic N) is 3. The molecule has 3 aromatic rings. The molecule has 0 atom stereocenters. The molecule has 160 valence electrons. The molecule has 0 unspecified atom stereocenters. The Morgan fingerprint density at radius 1 is 1.07 bits per heavy atom. The summed E-state index contributed by atoms with van der Waals surface area (Å²) < 4.78 is 13.0. The summed E-state index contributed by atoms with van der Waals surface area (Å²) in [4.78, 5) is 8.94. The van der Waals surface area contributed by atoms with E-state index in [2.05, 4.69) is 50.3 Å². The van der Waals surface area contributed by atoms with Gasteiger partial charge in [0.25, 0.3) is 0 Å². The molecule has 3 rings (SSSR count). The summed E-state index contributed by atoms with van der Waals surface area (Å²) in [5, 5.41) is 6.75. The van der Waals surface area contributed by atoms with E-state index >= 15 is 0 Å². The van der Waals surface area contributed by atoms with Gasteiger partial charge in [0.2, 0.25) is 0 Å². The van der Waals surface area contributed by atoms with Gasteiger partial charge in [-0.2, -0.15) is 0 Å². The van der Waals surface area contributed by atoms with Crippen LogP contribution in [0.25, 0.3) is 11.0 Å². The van der Waals surface area contributed by atoms with Crippen LogP contribution >= 0.6 is 0 Å². The van der Waals surface area contributed by atoms with Crippen LogP contribution in [-0.2, 0) is 13.0 Å². The second-order valence-electron chi connectivity index (χ2n) is 7.01. The van der Waals surface area contributed by atoms with Crippen LogP contribution in [0.2, 0.25) is 0 Å². The average molecular weight is 410 g/mol. The highest BCUT2D eigenvalue weighted by molar-refractivity contribution is 5.79. The molecular formula is C23H31N5O2. The van der Waals surface area contributed by atoms with E-state index in [4.69, 9.17) is 9.47 Å². The van der Waals surface area contributed by atoms with Crippen LogP contribution < -0.4 is 20.1 Å². The highest BCUT2D eigenvalue weighted by atomic mass is 16.5. The molecular weight excluding hydrogens is 378 g/mol. The van der Waals surface area contributed by atoms with Crippen molar-refractivity contribution < 1.29 is 9.47 Å². The molecule has 7 nitrogen and oxygen atoms in total. The molecule has 30 heavy (non-hydrogen) atoms. The molecule has 0 spiro atoms. The van der Waals surface area contributed by atoms with Gasteiger partial charge >= 0.3 is 0 Å². The van der Waals surface area contributed by atoms with Crippen molar-refractivity contribution in [2.24, 2.45) is 4.99 Å². The Bertz CT molecular complexity index is 996. The number of hydrogen-bond donors (Lipinski definition) is 2. The predicted molar refractivity (Wildman–Crippen MR) is 122 cm³/mol. The fourth-order valence-corrected chi connectivity index (χ4v) is 3.54. The maximum atomic E-state index is 5.45. The summed E-state index contributed by atoms with van der Waals surface area (Å²) in [5.74, 6) is 3.54. The van der Waals surface area contributed by atoms with E-state index in [9.17, 15) is 0 Å². The van der Waals surface area contributed by atoms with Crippen molar-refractivity contribution in [3.8, 4) is 11.5 Å². The van der Waals surface area contributed by atoms with Crippen molar-refractivity contribution in [2.45, 2.75) is 26.3 Å². The molecule has 0 aliphatic carbocycles. The lowest BCUT2D eigenvalue weighted by molar-refractivity contribution is 0.398. The fraction of sp³-hybridized carbons (Fsp3) is 0.391. The second kappa shape index (κ2) is 10.5. The maximum absolute atomic E-state index is 5.45. The summed E-state index contributed by atoms with van der Waals surface area (Å²) >= 11 is 0. The minimum absolute atomic E-state index is 0.745. The van der Waals surface area contributed by atoms with Gasteiger partial charge in [0.05, 0.1) is 25.3 Å². The molecule has 0 aliphatic rings. The van der Waals surface area contributed by atoms with Gasteiger partial charge < -0.3 is 24.7 Å². The lowest BCUT2D eigenvalue weighted by atomic mass is 10.1.